The fourth-order valence-corrected chi connectivity index (χ4v) is 2.12. The van der Waals surface area contributed by atoms with Crippen molar-refractivity contribution in [3.8, 4) is 0 Å². The van der Waals surface area contributed by atoms with Crippen molar-refractivity contribution in [1.82, 2.24) is 9.97 Å². The van der Waals surface area contributed by atoms with E-state index in [1.165, 1.54) is 0 Å². The van der Waals surface area contributed by atoms with Gasteiger partial charge in [0.15, 0.2) is 0 Å². The SMILES string of the molecule is CCNc1nc(C)nc(N(CC(N)=O)CC(C)C)c1C. The molecule has 6 nitrogen and oxygen atoms in total. The van der Waals surface area contributed by atoms with Crippen LogP contribution in [0.3, 0.4) is 0 Å². The Labute approximate surface area is 120 Å². The highest BCUT2D eigenvalue weighted by molar-refractivity contribution is 5.79. The van der Waals surface area contributed by atoms with Gasteiger partial charge in [0.05, 0.1) is 6.54 Å². The molecule has 0 aliphatic carbocycles. The molecule has 6 heteroatoms. The van der Waals surface area contributed by atoms with Crippen molar-refractivity contribution >= 4 is 17.5 Å². The Kier molecular flexibility index (Phi) is 5.73. The van der Waals surface area contributed by atoms with Gasteiger partial charge in [-0.3, -0.25) is 4.79 Å². The van der Waals surface area contributed by atoms with Crippen LogP contribution >= 0.6 is 0 Å². The van der Waals surface area contributed by atoms with Crippen LogP contribution in [-0.2, 0) is 4.79 Å². The van der Waals surface area contributed by atoms with Gasteiger partial charge < -0.3 is 16.0 Å². The van der Waals surface area contributed by atoms with Gasteiger partial charge in [-0.25, -0.2) is 9.97 Å². The molecule has 0 radical (unpaired) electrons. The molecular weight excluding hydrogens is 254 g/mol. The number of primary amides is 1. The second-order valence-corrected chi connectivity index (χ2v) is 5.34. The number of aryl methyl sites for hydroxylation is 1. The number of nitrogens with zero attached hydrogens (tertiary/aromatic N) is 3. The van der Waals surface area contributed by atoms with Gasteiger partial charge in [-0.05, 0) is 26.7 Å². The number of rotatable bonds is 7. The Morgan fingerprint density at radius 3 is 2.50 bits per heavy atom. The first-order valence-corrected chi connectivity index (χ1v) is 6.97. The summed E-state index contributed by atoms with van der Waals surface area (Å²) in [6.45, 7) is 11.7. The van der Waals surface area contributed by atoms with E-state index in [1.807, 2.05) is 25.7 Å². The van der Waals surface area contributed by atoms with Gasteiger partial charge in [0, 0.05) is 18.7 Å². The number of aromatic nitrogens is 2. The highest BCUT2D eigenvalue weighted by atomic mass is 16.1. The average Bonchev–Trinajstić information content (AvgIpc) is 2.31. The highest BCUT2D eigenvalue weighted by Gasteiger charge is 2.18. The van der Waals surface area contributed by atoms with Crippen LogP contribution < -0.4 is 16.0 Å². The standard InChI is InChI=1S/C14H25N5O/c1-6-16-13-10(4)14(18-11(5)17-13)19(7-9(2)3)8-12(15)20/h9H,6-8H2,1-5H3,(H2,15,20)(H,16,17,18). The normalized spacial score (nSPS) is 10.7. The second kappa shape index (κ2) is 7.07. The van der Waals surface area contributed by atoms with Gasteiger partial charge in [-0.1, -0.05) is 13.8 Å². The molecule has 0 aliphatic heterocycles. The van der Waals surface area contributed by atoms with Gasteiger partial charge in [0.25, 0.3) is 0 Å². The van der Waals surface area contributed by atoms with Crippen LogP contribution in [0.25, 0.3) is 0 Å². The van der Waals surface area contributed by atoms with Crippen LogP contribution in [0.1, 0.15) is 32.2 Å². The maximum atomic E-state index is 11.3. The summed E-state index contributed by atoms with van der Waals surface area (Å²) in [4.78, 5) is 22.1. The minimum atomic E-state index is -0.355. The minimum Gasteiger partial charge on any atom is -0.370 e. The molecular formula is C14H25N5O. The van der Waals surface area contributed by atoms with Gasteiger partial charge in [-0.2, -0.15) is 0 Å². The highest BCUT2D eigenvalue weighted by Crippen LogP contribution is 2.24. The van der Waals surface area contributed by atoms with E-state index in [0.29, 0.717) is 11.7 Å². The van der Waals surface area contributed by atoms with Crippen molar-refractivity contribution in [3.63, 3.8) is 0 Å². The van der Waals surface area contributed by atoms with Crippen molar-refractivity contribution in [2.75, 3.05) is 29.9 Å². The van der Waals surface area contributed by atoms with Crippen molar-refractivity contribution < 1.29 is 4.79 Å². The molecule has 0 saturated heterocycles. The van der Waals surface area contributed by atoms with Crippen molar-refractivity contribution in [1.29, 1.82) is 0 Å². The first kappa shape index (κ1) is 16.2. The van der Waals surface area contributed by atoms with Gasteiger partial charge in [0.2, 0.25) is 5.91 Å². The monoisotopic (exact) mass is 279 g/mol. The molecule has 0 atom stereocenters. The van der Waals surface area contributed by atoms with Crippen LogP contribution in [0.15, 0.2) is 0 Å². The quantitative estimate of drug-likeness (QED) is 0.789. The third kappa shape index (κ3) is 4.36. The van der Waals surface area contributed by atoms with Gasteiger partial charge >= 0.3 is 0 Å². The fourth-order valence-electron chi connectivity index (χ4n) is 2.12. The molecule has 0 fully saturated rings. The lowest BCUT2D eigenvalue weighted by Crippen LogP contribution is -2.37. The van der Waals surface area contributed by atoms with Crippen LogP contribution in [0, 0.1) is 19.8 Å². The average molecular weight is 279 g/mol. The topological polar surface area (TPSA) is 84.1 Å². The summed E-state index contributed by atoms with van der Waals surface area (Å²) in [6.07, 6.45) is 0. The van der Waals surface area contributed by atoms with Crippen LogP contribution in [0.2, 0.25) is 0 Å². The smallest absolute Gasteiger partial charge is 0.236 e. The van der Waals surface area contributed by atoms with E-state index < -0.39 is 0 Å². The number of carbonyl (C=O) groups excluding carboxylic acids is 1. The van der Waals surface area contributed by atoms with E-state index in [9.17, 15) is 4.79 Å². The van der Waals surface area contributed by atoms with E-state index in [4.69, 9.17) is 5.73 Å². The van der Waals surface area contributed by atoms with Crippen LogP contribution in [0.5, 0.6) is 0 Å². The molecule has 20 heavy (non-hydrogen) atoms. The first-order valence-electron chi connectivity index (χ1n) is 6.97. The number of carbonyl (C=O) groups is 1. The Balaban J connectivity index is 3.20. The lowest BCUT2D eigenvalue weighted by molar-refractivity contribution is -0.116. The molecule has 1 heterocycles. The molecule has 112 valence electrons. The Morgan fingerprint density at radius 2 is 2.00 bits per heavy atom. The summed E-state index contributed by atoms with van der Waals surface area (Å²) in [7, 11) is 0. The molecule has 0 aromatic carbocycles. The second-order valence-electron chi connectivity index (χ2n) is 5.34. The molecule has 1 amide bonds. The predicted molar refractivity (Wildman–Crippen MR) is 81.9 cm³/mol. The fraction of sp³-hybridized carbons (Fsp3) is 0.643. The van der Waals surface area contributed by atoms with Gasteiger partial charge in [0.1, 0.15) is 17.5 Å². The third-order valence-corrected chi connectivity index (χ3v) is 2.81. The zero-order chi connectivity index (χ0) is 15.3. The lowest BCUT2D eigenvalue weighted by atomic mass is 10.2. The predicted octanol–water partition coefficient (Wildman–Crippen LogP) is 1.47. The molecule has 1 rings (SSSR count). The van der Waals surface area contributed by atoms with E-state index in [-0.39, 0.29) is 12.5 Å². The maximum Gasteiger partial charge on any atom is 0.236 e. The Morgan fingerprint density at radius 1 is 1.35 bits per heavy atom. The summed E-state index contributed by atoms with van der Waals surface area (Å²) < 4.78 is 0. The van der Waals surface area contributed by atoms with E-state index in [0.717, 1.165) is 30.3 Å². The van der Waals surface area contributed by atoms with Crippen LogP contribution in [-0.4, -0.2) is 35.5 Å². The van der Waals surface area contributed by atoms with Gasteiger partial charge in [-0.15, -0.1) is 0 Å². The molecule has 0 bridgehead atoms. The minimum absolute atomic E-state index is 0.168. The Bertz CT molecular complexity index is 473. The van der Waals surface area contributed by atoms with Crippen molar-refractivity contribution in [2.24, 2.45) is 11.7 Å². The number of nitrogens with one attached hydrogen (secondary N) is 1. The molecule has 1 aromatic heterocycles. The van der Waals surface area contributed by atoms with E-state index in [2.05, 4.69) is 29.1 Å². The van der Waals surface area contributed by atoms with Crippen LogP contribution in [0.4, 0.5) is 11.6 Å². The summed E-state index contributed by atoms with van der Waals surface area (Å²) in [6, 6.07) is 0. The largest absolute Gasteiger partial charge is 0.370 e. The molecule has 0 unspecified atom stereocenters. The van der Waals surface area contributed by atoms with E-state index >= 15 is 0 Å². The number of anilines is 2. The molecule has 1 aromatic rings. The zero-order valence-electron chi connectivity index (χ0n) is 13.0. The summed E-state index contributed by atoms with van der Waals surface area (Å²) >= 11 is 0. The lowest BCUT2D eigenvalue weighted by Gasteiger charge is -2.26. The van der Waals surface area contributed by atoms with E-state index in [1.54, 1.807) is 0 Å². The van der Waals surface area contributed by atoms with Crippen molar-refractivity contribution in [2.45, 2.75) is 34.6 Å². The van der Waals surface area contributed by atoms with Crippen molar-refractivity contribution in [3.05, 3.63) is 11.4 Å². The molecule has 0 saturated carbocycles. The third-order valence-electron chi connectivity index (χ3n) is 2.81. The first-order chi connectivity index (χ1) is 9.35. The summed E-state index contributed by atoms with van der Waals surface area (Å²) in [5.74, 6) is 2.33. The number of hydrogen-bond acceptors (Lipinski definition) is 5. The zero-order valence-corrected chi connectivity index (χ0v) is 13.0. The Hall–Kier alpha value is -1.85. The summed E-state index contributed by atoms with van der Waals surface area (Å²) in [5.41, 5.74) is 6.30. The number of nitrogens with two attached hydrogens (primary N) is 1. The number of amides is 1. The molecule has 0 aliphatic rings. The molecule has 3 N–H and O–H groups in total. The number of hydrogen-bond donors (Lipinski definition) is 2. The summed E-state index contributed by atoms with van der Waals surface area (Å²) in [5, 5.41) is 3.22. The molecule has 0 spiro atoms. The maximum absolute atomic E-state index is 11.3.